The average Bonchev–Trinajstić information content (AvgIpc) is 3.72. The summed E-state index contributed by atoms with van der Waals surface area (Å²) < 4.78 is 41.4. The molecule has 1 atom stereocenters. The van der Waals surface area contributed by atoms with Crippen LogP contribution in [0.25, 0.3) is 22.2 Å². The van der Waals surface area contributed by atoms with E-state index in [1.807, 2.05) is 18.2 Å². The number of halogens is 1. The number of nitro groups is 1. The summed E-state index contributed by atoms with van der Waals surface area (Å²) >= 11 is 6.24. The first-order chi connectivity index (χ1) is 29.3. The Morgan fingerprint density at radius 2 is 1.90 bits per heavy atom. The standard InChI is InChI=1S/C45H48ClN7O7S/c1-45(2)15-11-33(39(24-45)30-3-6-34(46)7-4-30)28-52-18-13-29(14-19-52)31-5-9-38(42(22-31)60-35-21-32-12-16-48-43(32)50-26-35)44(54)51-61(57,58)37-8-10-40(41(23-37)53(55)56)49-27-36-25-47-17-20-59-36/h3-10,12-13,16,21-23,26,36,47,49H,11,14-15,17-20,24-25,27-28H2,1-2H3,(H,48,50)(H,51,54). The number of H-pyrrole nitrogens is 1. The molecule has 1 aliphatic carbocycles. The minimum Gasteiger partial charge on any atom is -0.455 e. The number of benzene rings is 3. The molecule has 4 N–H and O–H groups in total. The van der Waals surface area contributed by atoms with Crippen molar-refractivity contribution in [2.75, 3.05) is 51.2 Å². The number of rotatable bonds is 13. The molecule has 0 spiro atoms. The molecule has 1 unspecified atom stereocenters. The first-order valence-electron chi connectivity index (χ1n) is 20.4. The number of carbonyl (C=O) groups excluding carboxylic acids is 1. The topological polar surface area (TPSA) is 181 Å². The molecule has 0 radical (unpaired) electrons. The Morgan fingerprint density at radius 1 is 1.08 bits per heavy atom. The van der Waals surface area contributed by atoms with Crippen molar-refractivity contribution in [2.45, 2.75) is 50.5 Å². The third kappa shape index (κ3) is 9.98. The zero-order chi connectivity index (χ0) is 42.7. The molecule has 0 bridgehead atoms. The van der Waals surface area contributed by atoms with Gasteiger partial charge >= 0.3 is 0 Å². The number of hydrogen-bond donors (Lipinski definition) is 4. The number of carbonyl (C=O) groups is 1. The van der Waals surface area contributed by atoms with E-state index < -0.39 is 31.4 Å². The molecule has 1 fully saturated rings. The maximum atomic E-state index is 13.9. The predicted molar refractivity (Wildman–Crippen MR) is 236 cm³/mol. The van der Waals surface area contributed by atoms with Crippen LogP contribution in [0.4, 0.5) is 11.4 Å². The van der Waals surface area contributed by atoms with Gasteiger partial charge in [0.15, 0.2) is 0 Å². The number of nitrogens with one attached hydrogen (secondary N) is 4. The van der Waals surface area contributed by atoms with Gasteiger partial charge in [0.25, 0.3) is 21.6 Å². The Kier molecular flexibility index (Phi) is 12.3. The van der Waals surface area contributed by atoms with Gasteiger partial charge in [0.1, 0.15) is 22.8 Å². The molecule has 1 saturated heterocycles. The van der Waals surface area contributed by atoms with E-state index in [1.165, 1.54) is 41.1 Å². The second-order valence-corrected chi connectivity index (χ2v) is 18.6. The van der Waals surface area contributed by atoms with Crippen LogP contribution in [0.15, 0.2) is 102 Å². The number of hydrogen-bond acceptors (Lipinski definition) is 11. The third-order valence-corrected chi connectivity index (χ3v) is 13.1. The number of sulfonamides is 1. The van der Waals surface area contributed by atoms with Gasteiger partial charge in [-0.25, -0.2) is 18.1 Å². The molecule has 14 nitrogen and oxygen atoms in total. The van der Waals surface area contributed by atoms with Crippen LogP contribution in [0.2, 0.25) is 5.02 Å². The lowest BCUT2D eigenvalue weighted by Crippen LogP contribution is -2.42. The monoisotopic (exact) mass is 865 g/mol. The first kappa shape index (κ1) is 42.1. The molecular formula is C45H48ClN7O7S. The van der Waals surface area contributed by atoms with Gasteiger partial charge in [0, 0.05) is 61.9 Å². The number of pyridine rings is 1. The summed E-state index contributed by atoms with van der Waals surface area (Å²) in [6.07, 6.45) is 9.18. The van der Waals surface area contributed by atoms with E-state index in [4.69, 9.17) is 21.1 Å². The minimum atomic E-state index is -4.57. The number of nitrogens with zero attached hydrogens (tertiary/aromatic N) is 3. The Balaban J connectivity index is 1.03. The number of aromatic amines is 1. The molecule has 1 amide bonds. The van der Waals surface area contributed by atoms with E-state index in [2.05, 4.69) is 62.3 Å². The van der Waals surface area contributed by atoms with E-state index in [0.717, 1.165) is 79.5 Å². The predicted octanol–water partition coefficient (Wildman–Crippen LogP) is 8.19. The number of ether oxygens (including phenoxy) is 2. The van der Waals surface area contributed by atoms with E-state index in [9.17, 15) is 23.3 Å². The molecule has 2 aromatic heterocycles. The number of nitro benzene ring substituents is 1. The highest BCUT2D eigenvalue weighted by atomic mass is 35.5. The van der Waals surface area contributed by atoms with Gasteiger partial charge in [-0.15, -0.1) is 0 Å². The fraction of sp³-hybridized carbons (Fsp3) is 0.333. The normalized spacial score (nSPS) is 18.4. The van der Waals surface area contributed by atoms with Crippen LogP contribution >= 0.6 is 11.6 Å². The lowest BCUT2D eigenvalue weighted by atomic mass is 9.72. The second-order valence-electron chi connectivity index (χ2n) is 16.5. The van der Waals surface area contributed by atoms with Gasteiger partial charge in [0.05, 0.1) is 34.3 Å². The second kappa shape index (κ2) is 17.8. The van der Waals surface area contributed by atoms with Gasteiger partial charge in [0.2, 0.25) is 0 Å². The number of fused-ring (bicyclic) bond motifs is 1. The summed E-state index contributed by atoms with van der Waals surface area (Å²) in [6.45, 7) is 9.16. The molecule has 8 rings (SSSR count). The van der Waals surface area contributed by atoms with Crippen LogP contribution in [0.5, 0.6) is 11.5 Å². The Hall–Kier alpha value is -5.58. The summed E-state index contributed by atoms with van der Waals surface area (Å²) in [7, 11) is -4.57. The van der Waals surface area contributed by atoms with Crippen molar-refractivity contribution in [1.82, 2.24) is 24.9 Å². The molecule has 3 aliphatic rings. The van der Waals surface area contributed by atoms with Crippen LogP contribution in [0.3, 0.4) is 0 Å². The number of anilines is 1. The van der Waals surface area contributed by atoms with Gasteiger partial charge in [-0.05, 0) is 102 Å². The van der Waals surface area contributed by atoms with Crippen LogP contribution in [-0.4, -0.2) is 86.1 Å². The largest absolute Gasteiger partial charge is 0.455 e. The maximum Gasteiger partial charge on any atom is 0.293 e. The highest BCUT2D eigenvalue weighted by molar-refractivity contribution is 7.90. The smallest absolute Gasteiger partial charge is 0.293 e. The SMILES string of the molecule is CC1(C)CCC(CN2CC=C(c3ccc(C(=O)NS(=O)(=O)c4ccc(NCC5CNCCO5)c([N+](=O)[O-])c4)c(Oc4cnc5[nH]ccc5c4)c3)CC2)=C(c2ccc(Cl)cc2)C1. The molecular weight excluding hydrogens is 818 g/mol. The number of aromatic nitrogens is 2. The lowest BCUT2D eigenvalue weighted by Gasteiger charge is -2.36. The molecule has 318 valence electrons. The molecule has 5 aromatic rings. The van der Waals surface area contributed by atoms with Crippen LogP contribution < -0.4 is 20.1 Å². The van der Waals surface area contributed by atoms with E-state index in [1.54, 1.807) is 24.4 Å². The summed E-state index contributed by atoms with van der Waals surface area (Å²) in [6, 6.07) is 20.3. The Labute approximate surface area is 359 Å². The summed E-state index contributed by atoms with van der Waals surface area (Å²) in [5, 5.41) is 19.7. The first-order valence-corrected chi connectivity index (χ1v) is 22.2. The lowest BCUT2D eigenvalue weighted by molar-refractivity contribution is -0.384. The quantitative estimate of drug-likeness (QED) is 0.0662. The molecule has 3 aromatic carbocycles. The summed E-state index contributed by atoms with van der Waals surface area (Å²) in [5.74, 6) is -0.496. The fourth-order valence-electron chi connectivity index (χ4n) is 8.14. The van der Waals surface area contributed by atoms with Gasteiger partial charge in [-0.2, -0.15) is 0 Å². The summed E-state index contributed by atoms with van der Waals surface area (Å²) in [5.41, 5.74) is 6.48. The van der Waals surface area contributed by atoms with Crippen molar-refractivity contribution in [3.63, 3.8) is 0 Å². The zero-order valence-electron chi connectivity index (χ0n) is 34.0. The van der Waals surface area contributed by atoms with E-state index in [-0.39, 0.29) is 35.1 Å². The van der Waals surface area contributed by atoms with Crippen LogP contribution in [0.1, 0.15) is 61.0 Å². The zero-order valence-corrected chi connectivity index (χ0v) is 35.6. The van der Waals surface area contributed by atoms with Crippen LogP contribution in [0, 0.1) is 15.5 Å². The van der Waals surface area contributed by atoms with Crippen molar-refractivity contribution >= 4 is 61.1 Å². The summed E-state index contributed by atoms with van der Waals surface area (Å²) in [4.78, 5) is 34.7. The average molecular weight is 866 g/mol. The van der Waals surface area contributed by atoms with Crippen molar-refractivity contribution in [3.8, 4) is 11.5 Å². The van der Waals surface area contributed by atoms with Crippen LogP contribution in [-0.2, 0) is 14.8 Å². The minimum absolute atomic E-state index is 0.0460. The van der Waals surface area contributed by atoms with Gasteiger partial charge < -0.3 is 25.1 Å². The van der Waals surface area contributed by atoms with E-state index >= 15 is 0 Å². The van der Waals surface area contributed by atoms with Crippen molar-refractivity contribution in [1.29, 1.82) is 0 Å². The number of amides is 1. The number of allylic oxidation sites excluding steroid dienone is 1. The maximum absolute atomic E-state index is 13.9. The number of morpholine rings is 1. The fourth-order valence-corrected chi connectivity index (χ4v) is 9.25. The van der Waals surface area contributed by atoms with Crippen molar-refractivity contribution in [2.24, 2.45) is 5.41 Å². The van der Waals surface area contributed by atoms with Crippen molar-refractivity contribution in [3.05, 3.63) is 129 Å². The highest BCUT2D eigenvalue weighted by Crippen LogP contribution is 2.44. The Bertz CT molecular complexity index is 2640. The van der Waals surface area contributed by atoms with Gasteiger partial charge in [-0.3, -0.25) is 19.8 Å². The highest BCUT2D eigenvalue weighted by Gasteiger charge is 2.30. The molecule has 0 saturated carbocycles. The van der Waals surface area contributed by atoms with Crippen molar-refractivity contribution < 1.29 is 27.6 Å². The molecule has 16 heteroatoms. The molecule has 2 aliphatic heterocycles. The molecule has 61 heavy (non-hydrogen) atoms. The third-order valence-electron chi connectivity index (χ3n) is 11.5. The van der Waals surface area contributed by atoms with E-state index in [0.29, 0.717) is 24.5 Å². The van der Waals surface area contributed by atoms with Gasteiger partial charge in [-0.1, -0.05) is 55.3 Å². The molecule has 4 heterocycles. The Morgan fingerprint density at radius 3 is 2.66 bits per heavy atom.